The Bertz CT molecular complexity index is 495. The van der Waals surface area contributed by atoms with Gasteiger partial charge in [-0.2, -0.15) is 26.3 Å². The summed E-state index contributed by atoms with van der Waals surface area (Å²) >= 11 is 0. The standard InChI is InChI=1S/C14H18F6O5/c1-7(2)9(25-10(21)8(3)4)5-6-24-11(22)12(23,13(15,16)17)14(18,19)20/h7,9,23H,3,5-6H2,1-2,4H3. The Morgan fingerprint density at radius 2 is 1.52 bits per heavy atom. The molecule has 11 heteroatoms. The second-order valence-corrected chi connectivity index (χ2v) is 5.60. The number of hydrogen-bond acceptors (Lipinski definition) is 5. The van der Waals surface area contributed by atoms with Crippen molar-refractivity contribution in [2.24, 2.45) is 5.92 Å². The van der Waals surface area contributed by atoms with Crippen LogP contribution in [0.4, 0.5) is 26.3 Å². The van der Waals surface area contributed by atoms with E-state index in [9.17, 15) is 35.9 Å². The maximum atomic E-state index is 12.5. The lowest BCUT2D eigenvalue weighted by molar-refractivity contribution is -0.357. The van der Waals surface area contributed by atoms with Gasteiger partial charge in [0.05, 0.1) is 6.61 Å². The summed E-state index contributed by atoms with van der Waals surface area (Å²) in [5.74, 6) is -4.08. The number of esters is 2. The summed E-state index contributed by atoms with van der Waals surface area (Å²) in [6.07, 6.45) is -13.9. The third-order valence-electron chi connectivity index (χ3n) is 3.10. The SMILES string of the molecule is C=C(C)C(=O)OC(CCOC(=O)C(O)(C(F)(F)F)C(F)(F)F)C(C)C. The van der Waals surface area contributed by atoms with Crippen molar-refractivity contribution in [2.45, 2.75) is 51.2 Å². The van der Waals surface area contributed by atoms with E-state index < -0.39 is 42.6 Å². The fourth-order valence-electron chi connectivity index (χ4n) is 1.53. The normalized spacial score (nSPS) is 14.2. The van der Waals surface area contributed by atoms with Crippen molar-refractivity contribution in [1.82, 2.24) is 0 Å². The van der Waals surface area contributed by atoms with E-state index >= 15 is 0 Å². The lowest BCUT2D eigenvalue weighted by Crippen LogP contribution is -2.63. The summed E-state index contributed by atoms with van der Waals surface area (Å²) in [5, 5.41) is 8.82. The zero-order valence-corrected chi connectivity index (χ0v) is 13.6. The van der Waals surface area contributed by atoms with Crippen LogP contribution in [0.15, 0.2) is 12.2 Å². The summed E-state index contributed by atoms with van der Waals surface area (Å²) in [6.45, 7) is 6.87. The van der Waals surface area contributed by atoms with Crippen LogP contribution in [0.5, 0.6) is 0 Å². The molecule has 0 saturated heterocycles. The number of rotatable bonds is 7. The quantitative estimate of drug-likeness (QED) is 0.418. The fraction of sp³-hybridized carbons (Fsp3) is 0.714. The van der Waals surface area contributed by atoms with E-state index in [1.54, 1.807) is 13.8 Å². The second kappa shape index (κ2) is 8.07. The number of alkyl halides is 6. The van der Waals surface area contributed by atoms with Crippen LogP contribution in [0.1, 0.15) is 27.2 Å². The molecule has 5 nitrogen and oxygen atoms in total. The maximum absolute atomic E-state index is 12.5. The first kappa shape index (κ1) is 23.2. The van der Waals surface area contributed by atoms with Gasteiger partial charge >= 0.3 is 29.9 Å². The molecule has 0 bridgehead atoms. The van der Waals surface area contributed by atoms with Crippen LogP contribution in [-0.2, 0) is 19.1 Å². The average Bonchev–Trinajstić information content (AvgIpc) is 2.41. The van der Waals surface area contributed by atoms with Crippen molar-refractivity contribution in [3.05, 3.63) is 12.2 Å². The minimum atomic E-state index is -6.31. The molecule has 146 valence electrons. The van der Waals surface area contributed by atoms with Crippen LogP contribution in [0, 0.1) is 5.92 Å². The topological polar surface area (TPSA) is 72.8 Å². The molecular formula is C14H18F6O5. The Kier molecular flexibility index (Phi) is 7.49. The largest absolute Gasteiger partial charge is 0.463 e. The molecule has 1 unspecified atom stereocenters. The van der Waals surface area contributed by atoms with Crippen LogP contribution >= 0.6 is 0 Å². The van der Waals surface area contributed by atoms with Crippen molar-refractivity contribution in [1.29, 1.82) is 0 Å². The molecule has 0 aliphatic heterocycles. The van der Waals surface area contributed by atoms with E-state index in [0.29, 0.717) is 0 Å². The van der Waals surface area contributed by atoms with Gasteiger partial charge in [0.1, 0.15) is 6.10 Å². The lowest BCUT2D eigenvalue weighted by Gasteiger charge is -2.30. The minimum absolute atomic E-state index is 0.0335. The number of hydrogen-bond donors (Lipinski definition) is 1. The van der Waals surface area contributed by atoms with Gasteiger partial charge < -0.3 is 14.6 Å². The number of halogens is 6. The zero-order chi connectivity index (χ0) is 20.2. The molecular weight excluding hydrogens is 362 g/mol. The van der Waals surface area contributed by atoms with Gasteiger partial charge in [-0.05, 0) is 12.8 Å². The molecule has 1 atom stereocenters. The molecule has 0 amide bonds. The molecule has 0 rings (SSSR count). The van der Waals surface area contributed by atoms with Gasteiger partial charge in [-0.25, -0.2) is 9.59 Å². The maximum Gasteiger partial charge on any atom is 0.437 e. The lowest BCUT2D eigenvalue weighted by atomic mass is 10.0. The van der Waals surface area contributed by atoms with E-state index in [-0.39, 0.29) is 17.9 Å². The molecule has 0 aliphatic carbocycles. The monoisotopic (exact) mass is 380 g/mol. The molecule has 1 N–H and O–H groups in total. The van der Waals surface area contributed by atoms with E-state index in [1.165, 1.54) is 6.92 Å². The van der Waals surface area contributed by atoms with E-state index in [2.05, 4.69) is 11.3 Å². The molecule has 0 fully saturated rings. The summed E-state index contributed by atoms with van der Waals surface area (Å²) in [6, 6.07) is 0. The first-order valence-corrected chi connectivity index (χ1v) is 6.95. The highest BCUT2D eigenvalue weighted by atomic mass is 19.4. The van der Waals surface area contributed by atoms with Crippen molar-refractivity contribution in [3.63, 3.8) is 0 Å². The highest BCUT2D eigenvalue weighted by Crippen LogP contribution is 2.43. The van der Waals surface area contributed by atoms with Crippen LogP contribution in [0.3, 0.4) is 0 Å². The Labute approximate surface area is 139 Å². The van der Waals surface area contributed by atoms with Crippen molar-refractivity contribution in [2.75, 3.05) is 6.61 Å². The first-order chi connectivity index (χ1) is 11.1. The van der Waals surface area contributed by atoms with E-state index in [4.69, 9.17) is 9.84 Å². The summed E-state index contributed by atoms with van der Waals surface area (Å²) in [5.41, 5.74) is -5.60. The van der Waals surface area contributed by atoms with Crippen molar-refractivity contribution >= 4 is 11.9 Å². The highest BCUT2D eigenvalue weighted by molar-refractivity contribution is 5.87. The van der Waals surface area contributed by atoms with Crippen LogP contribution in [-0.4, -0.2) is 47.7 Å². The predicted octanol–water partition coefficient (Wildman–Crippen LogP) is 2.92. The van der Waals surface area contributed by atoms with Crippen molar-refractivity contribution < 1.29 is 50.5 Å². The number of carbonyl (C=O) groups is 2. The number of ether oxygens (including phenoxy) is 2. The summed E-state index contributed by atoms with van der Waals surface area (Å²) in [4.78, 5) is 22.6. The third kappa shape index (κ3) is 5.62. The molecule has 0 aliphatic rings. The third-order valence-corrected chi connectivity index (χ3v) is 3.10. The van der Waals surface area contributed by atoms with Gasteiger partial charge in [0.2, 0.25) is 0 Å². The zero-order valence-electron chi connectivity index (χ0n) is 13.6. The number of carbonyl (C=O) groups excluding carboxylic acids is 2. The molecule has 0 radical (unpaired) electrons. The minimum Gasteiger partial charge on any atom is -0.463 e. The van der Waals surface area contributed by atoms with Gasteiger partial charge in [0.25, 0.3) is 0 Å². The Morgan fingerprint density at radius 1 is 1.08 bits per heavy atom. The van der Waals surface area contributed by atoms with Crippen LogP contribution in [0.2, 0.25) is 0 Å². The van der Waals surface area contributed by atoms with Crippen LogP contribution < -0.4 is 0 Å². The van der Waals surface area contributed by atoms with Gasteiger partial charge in [-0.1, -0.05) is 20.4 Å². The Morgan fingerprint density at radius 3 is 1.84 bits per heavy atom. The highest BCUT2D eigenvalue weighted by Gasteiger charge is 2.76. The Balaban J connectivity index is 5.01. The molecule has 0 aromatic heterocycles. The fourth-order valence-corrected chi connectivity index (χ4v) is 1.53. The molecule has 0 heterocycles. The van der Waals surface area contributed by atoms with Gasteiger partial charge in [-0.15, -0.1) is 0 Å². The van der Waals surface area contributed by atoms with Crippen molar-refractivity contribution in [3.8, 4) is 0 Å². The summed E-state index contributed by atoms with van der Waals surface area (Å²) in [7, 11) is 0. The molecule has 0 saturated carbocycles. The second-order valence-electron chi connectivity index (χ2n) is 5.60. The first-order valence-electron chi connectivity index (χ1n) is 6.95. The van der Waals surface area contributed by atoms with E-state index in [1.807, 2.05) is 0 Å². The van der Waals surface area contributed by atoms with Gasteiger partial charge in [0, 0.05) is 12.0 Å². The molecule has 0 aromatic carbocycles. The Hall–Kier alpha value is -1.78. The number of aliphatic hydroxyl groups is 1. The smallest absolute Gasteiger partial charge is 0.437 e. The van der Waals surface area contributed by atoms with Gasteiger partial charge in [-0.3, -0.25) is 0 Å². The molecule has 0 spiro atoms. The predicted molar refractivity (Wildman–Crippen MR) is 72.2 cm³/mol. The van der Waals surface area contributed by atoms with Crippen LogP contribution in [0.25, 0.3) is 0 Å². The average molecular weight is 380 g/mol. The van der Waals surface area contributed by atoms with E-state index in [0.717, 1.165) is 0 Å². The summed E-state index contributed by atoms with van der Waals surface area (Å²) < 4.78 is 83.7. The molecule has 0 aromatic rings. The van der Waals surface area contributed by atoms with Gasteiger partial charge in [0.15, 0.2) is 0 Å². The molecule has 25 heavy (non-hydrogen) atoms.